The van der Waals surface area contributed by atoms with Crippen LogP contribution in [0.3, 0.4) is 0 Å². The highest BCUT2D eigenvalue weighted by Crippen LogP contribution is 2.31. The molecule has 0 heterocycles. The van der Waals surface area contributed by atoms with E-state index in [-0.39, 0.29) is 5.56 Å². The van der Waals surface area contributed by atoms with Crippen molar-refractivity contribution in [2.24, 2.45) is 0 Å². The Bertz CT molecular complexity index is 692. The number of benzene rings is 2. The van der Waals surface area contributed by atoms with E-state index in [1.54, 1.807) is 12.1 Å². The molecule has 0 atom stereocenters. The number of unbranched alkanes of at least 4 members (excludes halogenated alkanes) is 2. The van der Waals surface area contributed by atoms with Crippen LogP contribution < -0.4 is 4.74 Å². The predicted octanol–water partition coefficient (Wildman–Crippen LogP) is 6.31. The number of rotatable bonds is 7. The first-order valence-corrected chi connectivity index (χ1v) is 8.08. The molecule has 0 aliphatic rings. The highest BCUT2D eigenvalue weighted by molar-refractivity contribution is 5.65. The van der Waals surface area contributed by atoms with Crippen molar-refractivity contribution in [2.75, 3.05) is 6.61 Å². The summed E-state index contributed by atoms with van der Waals surface area (Å²) in [5, 5.41) is 0. The second-order valence-corrected chi connectivity index (χ2v) is 5.80. The van der Waals surface area contributed by atoms with Gasteiger partial charge in [0.15, 0.2) is 18.2 Å². The van der Waals surface area contributed by atoms with Crippen LogP contribution in [-0.2, 0) is 6.42 Å². The molecule has 0 fully saturated rings. The van der Waals surface area contributed by atoms with Gasteiger partial charge in [-0.15, -0.1) is 0 Å². The highest BCUT2D eigenvalue weighted by Gasteiger charge is 2.29. The number of ether oxygens (including phenoxy) is 1. The van der Waals surface area contributed by atoms with E-state index in [1.807, 2.05) is 12.1 Å². The maximum atomic E-state index is 14.2. The Morgan fingerprint density at radius 3 is 2.16 bits per heavy atom. The molecule has 0 radical (unpaired) electrons. The number of alkyl halides is 3. The molecule has 2 aromatic rings. The van der Waals surface area contributed by atoms with Gasteiger partial charge in [-0.1, -0.05) is 44.0 Å². The molecule has 0 bridgehead atoms. The van der Waals surface area contributed by atoms with Crippen LogP contribution in [0.2, 0.25) is 0 Å². The Morgan fingerprint density at radius 1 is 0.880 bits per heavy atom. The Morgan fingerprint density at radius 2 is 1.56 bits per heavy atom. The molecule has 0 saturated carbocycles. The van der Waals surface area contributed by atoms with E-state index in [2.05, 4.69) is 11.7 Å². The standard InChI is InChI=1S/C19H19F5O/c1-2-3-4-5-13-6-8-14(9-7-13)15-10-11-16(18(21)17(15)20)25-12-19(22,23)24/h6-11H,2-5,12H2,1H3. The molecule has 2 aromatic carbocycles. The first-order valence-electron chi connectivity index (χ1n) is 8.08. The SMILES string of the molecule is CCCCCc1ccc(-c2ccc(OCC(F)(F)F)c(F)c2F)cc1. The Hall–Kier alpha value is -2.11. The van der Waals surface area contributed by atoms with E-state index < -0.39 is 30.2 Å². The summed E-state index contributed by atoms with van der Waals surface area (Å²) in [6, 6.07) is 9.27. The Labute approximate surface area is 143 Å². The highest BCUT2D eigenvalue weighted by atomic mass is 19.4. The molecule has 6 heteroatoms. The monoisotopic (exact) mass is 358 g/mol. The van der Waals surface area contributed by atoms with Crippen LogP contribution in [0.15, 0.2) is 36.4 Å². The quantitative estimate of drug-likeness (QED) is 0.416. The smallest absolute Gasteiger partial charge is 0.422 e. The van der Waals surface area contributed by atoms with Crippen LogP contribution in [0.25, 0.3) is 11.1 Å². The summed E-state index contributed by atoms with van der Waals surface area (Å²) < 4.78 is 68.8. The number of hydrogen-bond acceptors (Lipinski definition) is 1. The van der Waals surface area contributed by atoms with Crippen molar-refractivity contribution in [3.63, 3.8) is 0 Å². The molecular formula is C19H19F5O. The second kappa shape index (κ2) is 8.32. The molecule has 0 aliphatic carbocycles. The van der Waals surface area contributed by atoms with Crippen molar-refractivity contribution >= 4 is 0 Å². The van der Waals surface area contributed by atoms with Crippen molar-refractivity contribution in [3.05, 3.63) is 53.6 Å². The van der Waals surface area contributed by atoms with Crippen molar-refractivity contribution in [3.8, 4) is 16.9 Å². The number of hydrogen-bond donors (Lipinski definition) is 0. The lowest BCUT2D eigenvalue weighted by Crippen LogP contribution is -2.19. The van der Waals surface area contributed by atoms with Gasteiger partial charge in [0.25, 0.3) is 0 Å². The van der Waals surface area contributed by atoms with Crippen LogP contribution in [0.1, 0.15) is 31.7 Å². The summed E-state index contributed by atoms with van der Waals surface area (Å²) in [5.41, 5.74) is 1.54. The third-order valence-corrected chi connectivity index (χ3v) is 3.77. The van der Waals surface area contributed by atoms with Crippen molar-refractivity contribution < 1.29 is 26.7 Å². The third kappa shape index (κ3) is 5.44. The van der Waals surface area contributed by atoms with Crippen molar-refractivity contribution in [1.82, 2.24) is 0 Å². The zero-order valence-corrected chi connectivity index (χ0v) is 13.8. The fourth-order valence-corrected chi connectivity index (χ4v) is 2.46. The minimum atomic E-state index is -4.62. The summed E-state index contributed by atoms with van der Waals surface area (Å²) >= 11 is 0. The fraction of sp³-hybridized carbons (Fsp3) is 0.368. The minimum Gasteiger partial charge on any atom is -0.481 e. The molecule has 136 valence electrons. The largest absolute Gasteiger partial charge is 0.481 e. The summed E-state index contributed by atoms with van der Waals surface area (Å²) in [4.78, 5) is 0. The zero-order valence-electron chi connectivity index (χ0n) is 13.8. The summed E-state index contributed by atoms with van der Waals surface area (Å²) in [5.74, 6) is -3.40. The van der Waals surface area contributed by atoms with E-state index in [9.17, 15) is 22.0 Å². The van der Waals surface area contributed by atoms with Gasteiger partial charge in [-0.05, 0) is 36.1 Å². The van der Waals surface area contributed by atoms with Gasteiger partial charge >= 0.3 is 6.18 Å². The van der Waals surface area contributed by atoms with E-state index in [4.69, 9.17) is 0 Å². The molecular weight excluding hydrogens is 339 g/mol. The fourth-order valence-electron chi connectivity index (χ4n) is 2.46. The predicted molar refractivity (Wildman–Crippen MR) is 86.6 cm³/mol. The van der Waals surface area contributed by atoms with E-state index in [0.717, 1.165) is 37.3 Å². The molecule has 0 spiro atoms. The van der Waals surface area contributed by atoms with E-state index in [1.165, 1.54) is 6.07 Å². The Balaban J connectivity index is 2.15. The van der Waals surface area contributed by atoms with Gasteiger partial charge < -0.3 is 4.74 Å². The van der Waals surface area contributed by atoms with Gasteiger partial charge in [0, 0.05) is 5.56 Å². The maximum Gasteiger partial charge on any atom is 0.422 e. The molecule has 0 aromatic heterocycles. The van der Waals surface area contributed by atoms with Crippen LogP contribution in [0.4, 0.5) is 22.0 Å². The van der Waals surface area contributed by atoms with Crippen LogP contribution in [-0.4, -0.2) is 12.8 Å². The van der Waals surface area contributed by atoms with Gasteiger partial charge in [0.05, 0.1) is 0 Å². The second-order valence-electron chi connectivity index (χ2n) is 5.80. The van der Waals surface area contributed by atoms with Crippen molar-refractivity contribution in [1.29, 1.82) is 0 Å². The number of aryl methyl sites for hydroxylation is 1. The van der Waals surface area contributed by atoms with Crippen molar-refractivity contribution in [2.45, 2.75) is 38.8 Å². The molecule has 0 aliphatic heterocycles. The molecule has 0 N–H and O–H groups in total. The minimum absolute atomic E-state index is 0.0167. The lowest BCUT2D eigenvalue weighted by atomic mass is 10.0. The summed E-state index contributed by atoms with van der Waals surface area (Å²) in [6.07, 6.45) is -0.402. The van der Waals surface area contributed by atoms with Gasteiger partial charge in [-0.2, -0.15) is 17.6 Å². The van der Waals surface area contributed by atoms with E-state index in [0.29, 0.717) is 5.56 Å². The first-order chi connectivity index (χ1) is 11.8. The maximum absolute atomic E-state index is 14.2. The van der Waals surface area contributed by atoms with Crippen LogP contribution >= 0.6 is 0 Å². The molecule has 2 rings (SSSR count). The molecule has 0 saturated heterocycles. The summed E-state index contributed by atoms with van der Waals surface area (Å²) in [7, 11) is 0. The van der Waals surface area contributed by atoms with Gasteiger partial charge in [0.1, 0.15) is 0 Å². The number of halogens is 5. The molecule has 0 amide bonds. The zero-order chi connectivity index (χ0) is 18.4. The lowest BCUT2D eigenvalue weighted by Gasteiger charge is -2.12. The van der Waals surface area contributed by atoms with Crippen LogP contribution in [0, 0.1) is 11.6 Å². The normalized spacial score (nSPS) is 11.6. The summed E-state index contributed by atoms with van der Waals surface area (Å²) in [6.45, 7) is 0.442. The van der Waals surface area contributed by atoms with Gasteiger partial charge in [-0.25, -0.2) is 4.39 Å². The van der Waals surface area contributed by atoms with Crippen LogP contribution in [0.5, 0.6) is 5.75 Å². The van der Waals surface area contributed by atoms with Gasteiger partial charge in [0.2, 0.25) is 5.82 Å². The lowest BCUT2D eigenvalue weighted by molar-refractivity contribution is -0.153. The molecule has 1 nitrogen and oxygen atoms in total. The average Bonchev–Trinajstić information content (AvgIpc) is 2.56. The Kier molecular flexibility index (Phi) is 6.39. The van der Waals surface area contributed by atoms with Gasteiger partial charge in [-0.3, -0.25) is 0 Å². The average molecular weight is 358 g/mol. The first kappa shape index (κ1) is 19.2. The van der Waals surface area contributed by atoms with E-state index >= 15 is 0 Å². The topological polar surface area (TPSA) is 9.23 Å². The molecule has 0 unspecified atom stereocenters. The third-order valence-electron chi connectivity index (χ3n) is 3.77. The molecule has 25 heavy (non-hydrogen) atoms.